The van der Waals surface area contributed by atoms with Crippen molar-refractivity contribution in [2.45, 2.75) is 11.4 Å². The summed E-state index contributed by atoms with van der Waals surface area (Å²) in [6.07, 6.45) is 1.92. The number of ketones is 1. The third-order valence-corrected chi connectivity index (χ3v) is 3.65. The van der Waals surface area contributed by atoms with E-state index in [0.29, 0.717) is 6.54 Å². The smallest absolute Gasteiger partial charge is 0.227 e. The van der Waals surface area contributed by atoms with Crippen molar-refractivity contribution in [2.75, 3.05) is 0 Å². The lowest BCUT2D eigenvalue weighted by Gasteiger charge is -2.03. The molecule has 0 fully saturated rings. The summed E-state index contributed by atoms with van der Waals surface area (Å²) >= 11 is 4.50. The Morgan fingerprint density at radius 2 is 1.70 bits per heavy atom. The molecule has 3 heteroatoms. The van der Waals surface area contributed by atoms with Gasteiger partial charge in [0.1, 0.15) is 0 Å². The van der Waals surface area contributed by atoms with Gasteiger partial charge >= 0.3 is 0 Å². The second-order valence-corrected chi connectivity index (χ2v) is 5.12. The van der Waals surface area contributed by atoms with Crippen molar-refractivity contribution < 1.29 is 9.36 Å². The van der Waals surface area contributed by atoms with Crippen LogP contribution < -0.4 is 4.57 Å². The monoisotopic (exact) mass is 280 g/mol. The van der Waals surface area contributed by atoms with Gasteiger partial charge in [0.15, 0.2) is 6.20 Å². The number of thiol groups is 1. The Bertz CT molecular complexity index is 763. The number of fused-ring (bicyclic) bond motifs is 1. The molecule has 1 aromatic heterocycles. The molecule has 0 saturated carbocycles. The van der Waals surface area contributed by atoms with Gasteiger partial charge in [-0.1, -0.05) is 36.4 Å². The Kier molecular flexibility index (Phi) is 3.52. The number of hydrogen-bond acceptors (Lipinski definition) is 2. The van der Waals surface area contributed by atoms with Gasteiger partial charge in [0.2, 0.25) is 17.8 Å². The van der Waals surface area contributed by atoms with Crippen molar-refractivity contribution in [3.8, 4) is 0 Å². The highest BCUT2D eigenvalue weighted by atomic mass is 32.1. The van der Waals surface area contributed by atoms with Crippen LogP contribution in [0.2, 0.25) is 0 Å². The topological polar surface area (TPSA) is 20.9 Å². The summed E-state index contributed by atoms with van der Waals surface area (Å²) in [5.74, 6) is 0.0969. The zero-order valence-electron chi connectivity index (χ0n) is 10.9. The molecule has 1 heterocycles. The summed E-state index contributed by atoms with van der Waals surface area (Å²) in [7, 11) is 0. The summed E-state index contributed by atoms with van der Waals surface area (Å²) in [5.41, 5.74) is 1.72. The van der Waals surface area contributed by atoms with Crippen LogP contribution in [0.15, 0.2) is 71.8 Å². The molecule has 0 radical (unpaired) electrons. The number of carbonyl (C=O) groups excluding carboxylic acids is 1. The number of rotatable bonds is 3. The predicted molar refractivity (Wildman–Crippen MR) is 82.2 cm³/mol. The first kappa shape index (κ1) is 12.9. The maximum Gasteiger partial charge on any atom is 0.227 e. The Morgan fingerprint density at radius 1 is 0.950 bits per heavy atom. The lowest BCUT2D eigenvalue weighted by atomic mass is 10.1. The summed E-state index contributed by atoms with van der Waals surface area (Å²) in [4.78, 5) is 13.2. The van der Waals surface area contributed by atoms with Gasteiger partial charge in [0.25, 0.3) is 0 Å². The Balaban J connectivity index is 2.02. The quantitative estimate of drug-likeness (QED) is 0.443. The summed E-state index contributed by atoms with van der Waals surface area (Å²) in [6.45, 7) is 0.318. The van der Waals surface area contributed by atoms with Crippen LogP contribution in [0.25, 0.3) is 10.9 Å². The standard InChI is InChI=1S/C17H13NOS/c19-15(13-6-2-1-3-7-13)12-18-11-5-9-14-8-4-10-16(20)17(14)18/h1-11H,12H2/p+1. The normalized spacial score (nSPS) is 10.7. The van der Waals surface area contributed by atoms with Gasteiger partial charge in [-0.3, -0.25) is 4.79 Å². The molecule has 0 amide bonds. The third kappa shape index (κ3) is 2.45. The molecule has 2 nitrogen and oxygen atoms in total. The van der Waals surface area contributed by atoms with Gasteiger partial charge in [0.05, 0.1) is 4.90 Å². The zero-order chi connectivity index (χ0) is 13.9. The summed E-state index contributed by atoms with van der Waals surface area (Å²) < 4.78 is 1.95. The van der Waals surface area contributed by atoms with Crippen LogP contribution in [0.4, 0.5) is 0 Å². The van der Waals surface area contributed by atoms with Crippen LogP contribution in [0.3, 0.4) is 0 Å². The Hall–Kier alpha value is -2.13. The molecular formula is C17H14NOS+. The van der Waals surface area contributed by atoms with E-state index in [1.807, 2.05) is 71.4 Å². The fourth-order valence-electron chi connectivity index (χ4n) is 2.32. The number of benzene rings is 2. The van der Waals surface area contributed by atoms with Crippen molar-refractivity contribution in [1.82, 2.24) is 0 Å². The first-order valence-corrected chi connectivity index (χ1v) is 6.89. The lowest BCUT2D eigenvalue weighted by molar-refractivity contribution is -0.658. The highest BCUT2D eigenvalue weighted by molar-refractivity contribution is 7.80. The molecule has 0 saturated heterocycles. The predicted octanol–water partition coefficient (Wildman–Crippen LogP) is 3.30. The molecule has 0 N–H and O–H groups in total. The SMILES string of the molecule is O=C(C[n+]1cccc2cccc(S)c21)c1ccccc1. The molecule has 3 rings (SSSR count). The van der Waals surface area contributed by atoms with E-state index in [9.17, 15) is 4.79 Å². The Morgan fingerprint density at radius 3 is 2.50 bits per heavy atom. The van der Waals surface area contributed by atoms with Gasteiger partial charge in [-0.25, -0.2) is 0 Å². The van der Waals surface area contributed by atoms with E-state index in [-0.39, 0.29) is 5.78 Å². The van der Waals surface area contributed by atoms with Gasteiger partial charge in [-0.2, -0.15) is 4.57 Å². The second-order valence-electron chi connectivity index (χ2n) is 4.64. The fourth-order valence-corrected chi connectivity index (χ4v) is 2.67. The van der Waals surface area contributed by atoms with Crippen LogP contribution in [0.5, 0.6) is 0 Å². The minimum Gasteiger partial charge on any atom is -0.287 e. The molecule has 0 aliphatic rings. The van der Waals surface area contributed by atoms with Gasteiger partial charge in [0, 0.05) is 17.0 Å². The molecule has 20 heavy (non-hydrogen) atoms. The van der Waals surface area contributed by atoms with Crippen molar-refractivity contribution in [1.29, 1.82) is 0 Å². The first-order chi connectivity index (χ1) is 9.75. The van der Waals surface area contributed by atoms with Crippen LogP contribution in [-0.2, 0) is 6.54 Å². The average Bonchev–Trinajstić information content (AvgIpc) is 2.48. The summed E-state index contributed by atoms with van der Waals surface area (Å²) in [5, 5.41) is 1.08. The van der Waals surface area contributed by atoms with Crippen LogP contribution in [0, 0.1) is 0 Å². The molecule has 0 atom stereocenters. The van der Waals surface area contributed by atoms with E-state index >= 15 is 0 Å². The van der Waals surface area contributed by atoms with Crippen LogP contribution >= 0.6 is 12.6 Å². The molecule has 0 aliphatic carbocycles. The maximum atomic E-state index is 12.3. The van der Waals surface area contributed by atoms with Crippen molar-refractivity contribution >= 4 is 29.3 Å². The molecule has 0 spiro atoms. The van der Waals surface area contributed by atoms with E-state index in [1.54, 1.807) is 0 Å². The third-order valence-electron chi connectivity index (χ3n) is 3.28. The Labute approximate surface area is 123 Å². The van der Waals surface area contributed by atoms with Crippen LogP contribution in [0.1, 0.15) is 10.4 Å². The minimum atomic E-state index is 0.0969. The number of hydrogen-bond donors (Lipinski definition) is 1. The number of nitrogens with zero attached hydrogens (tertiary/aromatic N) is 1. The van der Waals surface area contributed by atoms with E-state index in [0.717, 1.165) is 21.4 Å². The summed E-state index contributed by atoms with van der Waals surface area (Å²) in [6, 6.07) is 19.3. The van der Waals surface area contributed by atoms with Gasteiger partial charge < -0.3 is 0 Å². The molecule has 98 valence electrons. The average molecular weight is 280 g/mol. The lowest BCUT2D eigenvalue weighted by Crippen LogP contribution is -2.38. The molecular weight excluding hydrogens is 266 g/mol. The molecule has 0 bridgehead atoms. The van der Waals surface area contributed by atoms with Crippen molar-refractivity contribution in [3.63, 3.8) is 0 Å². The maximum absolute atomic E-state index is 12.3. The molecule has 2 aromatic carbocycles. The molecule has 3 aromatic rings. The largest absolute Gasteiger partial charge is 0.287 e. The fraction of sp³-hybridized carbons (Fsp3) is 0.0588. The number of Topliss-reactive ketones (excluding diaryl/α,β-unsaturated/α-hetero) is 1. The van der Waals surface area contributed by atoms with E-state index in [4.69, 9.17) is 0 Å². The highest BCUT2D eigenvalue weighted by Crippen LogP contribution is 2.17. The van der Waals surface area contributed by atoms with Crippen molar-refractivity contribution in [2.24, 2.45) is 0 Å². The number of aromatic nitrogens is 1. The molecule has 0 unspecified atom stereocenters. The zero-order valence-corrected chi connectivity index (χ0v) is 11.8. The van der Waals surface area contributed by atoms with Crippen LogP contribution in [-0.4, -0.2) is 5.78 Å². The van der Waals surface area contributed by atoms with E-state index < -0.39 is 0 Å². The number of para-hydroxylation sites is 1. The van der Waals surface area contributed by atoms with Gasteiger partial charge in [-0.05, 0) is 18.2 Å². The molecule has 0 aliphatic heterocycles. The highest BCUT2D eigenvalue weighted by Gasteiger charge is 2.16. The van der Waals surface area contributed by atoms with E-state index in [1.165, 1.54) is 0 Å². The second kappa shape index (κ2) is 5.47. The van der Waals surface area contributed by atoms with Crippen molar-refractivity contribution in [3.05, 3.63) is 72.4 Å². The van der Waals surface area contributed by atoms with Gasteiger partial charge in [-0.15, -0.1) is 12.6 Å². The minimum absolute atomic E-state index is 0.0969. The van der Waals surface area contributed by atoms with E-state index in [2.05, 4.69) is 12.6 Å². The first-order valence-electron chi connectivity index (χ1n) is 6.44. The number of carbonyl (C=O) groups is 1. The number of pyridine rings is 1.